The summed E-state index contributed by atoms with van der Waals surface area (Å²) in [6, 6.07) is 7.11. The smallest absolute Gasteiger partial charge is 0.122 e. The maximum absolute atomic E-state index is 5.63. The zero-order valence-electron chi connectivity index (χ0n) is 15.9. The number of hydrogen-bond acceptors (Lipinski definition) is 3. The Hall–Kier alpha value is -1.22. The van der Waals surface area contributed by atoms with Crippen LogP contribution >= 0.6 is 0 Å². The normalized spacial score (nSPS) is 30.9. The Morgan fingerprint density at radius 1 is 0.920 bits per heavy atom. The molecule has 3 fully saturated rings. The van der Waals surface area contributed by atoms with E-state index in [1.54, 1.807) is 14.2 Å². The van der Waals surface area contributed by atoms with Crippen molar-refractivity contribution >= 4 is 0 Å². The van der Waals surface area contributed by atoms with Crippen LogP contribution in [-0.4, -0.2) is 38.3 Å². The van der Waals surface area contributed by atoms with Gasteiger partial charge in [0.05, 0.1) is 14.2 Å². The van der Waals surface area contributed by atoms with Crippen molar-refractivity contribution in [1.29, 1.82) is 0 Å². The minimum Gasteiger partial charge on any atom is -0.497 e. The van der Waals surface area contributed by atoms with Crippen molar-refractivity contribution in [1.82, 2.24) is 4.90 Å². The first-order valence-corrected chi connectivity index (χ1v) is 10.2. The van der Waals surface area contributed by atoms with Crippen molar-refractivity contribution in [2.45, 2.75) is 63.3 Å². The molecule has 1 saturated heterocycles. The second-order valence-electron chi connectivity index (χ2n) is 8.36. The molecule has 3 atom stereocenters. The van der Waals surface area contributed by atoms with Gasteiger partial charge in [-0.15, -0.1) is 0 Å². The molecule has 0 N–H and O–H groups in total. The molecule has 138 valence electrons. The number of piperidine rings is 1. The number of rotatable bonds is 4. The second-order valence-corrected chi connectivity index (χ2v) is 8.36. The third kappa shape index (κ3) is 3.53. The van der Waals surface area contributed by atoms with E-state index in [1.165, 1.54) is 70.0 Å². The molecule has 2 bridgehead atoms. The number of hydrogen-bond donors (Lipinski definition) is 0. The van der Waals surface area contributed by atoms with E-state index in [2.05, 4.69) is 17.0 Å². The molecule has 1 aromatic carbocycles. The van der Waals surface area contributed by atoms with Crippen LogP contribution in [0.25, 0.3) is 0 Å². The van der Waals surface area contributed by atoms with Crippen LogP contribution in [0.5, 0.6) is 11.5 Å². The first-order chi connectivity index (χ1) is 12.3. The largest absolute Gasteiger partial charge is 0.497 e. The lowest BCUT2D eigenvalue weighted by Crippen LogP contribution is -2.44. The summed E-state index contributed by atoms with van der Waals surface area (Å²) in [6.07, 6.45) is 11.4. The molecular weight excluding hydrogens is 310 g/mol. The second kappa shape index (κ2) is 7.57. The zero-order valence-corrected chi connectivity index (χ0v) is 15.9. The first kappa shape index (κ1) is 17.2. The van der Waals surface area contributed by atoms with Crippen LogP contribution in [0.4, 0.5) is 0 Å². The predicted octanol–water partition coefficient (Wildman–Crippen LogP) is 4.85. The maximum Gasteiger partial charge on any atom is 0.122 e. The molecule has 3 nitrogen and oxygen atoms in total. The number of likely N-dealkylation sites (tertiary alicyclic amines) is 1. The van der Waals surface area contributed by atoms with E-state index in [0.29, 0.717) is 5.92 Å². The number of fused-ring (bicyclic) bond motifs is 2. The van der Waals surface area contributed by atoms with Gasteiger partial charge in [0, 0.05) is 11.6 Å². The highest BCUT2D eigenvalue weighted by atomic mass is 16.5. The monoisotopic (exact) mass is 343 g/mol. The van der Waals surface area contributed by atoms with Crippen molar-refractivity contribution in [2.24, 2.45) is 11.8 Å². The van der Waals surface area contributed by atoms with Gasteiger partial charge in [-0.3, -0.25) is 0 Å². The van der Waals surface area contributed by atoms with Gasteiger partial charge in [-0.05, 0) is 81.1 Å². The molecule has 1 aromatic rings. The summed E-state index contributed by atoms with van der Waals surface area (Å²) in [7, 11) is 3.53. The molecule has 0 aromatic heterocycles. The lowest BCUT2D eigenvalue weighted by atomic mass is 9.85. The van der Waals surface area contributed by atoms with Crippen molar-refractivity contribution in [3.63, 3.8) is 0 Å². The first-order valence-electron chi connectivity index (χ1n) is 10.2. The molecule has 0 amide bonds. The topological polar surface area (TPSA) is 21.7 Å². The van der Waals surface area contributed by atoms with E-state index < -0.39 is 0 Å². The lowest BCUT2D eigenvalue weighted by Gasteiger charge is -2.40. The third-order valence-corrected chi connectivity index (χ3v) is 7.11. The number of ether oxygens (including phenoxy) is 2. The Kier molecular flexibility index (Phi) is 5.21. The standard InChI is InChI=1S/C22H33NO2/c1-24-19-8-9-22(25-2)20(15-19)17-10-12-23(13-11-17)21-5-3-4-16-6-7-18(21)14-16/h8-9,15-18,21H,3-7,10-14H2,1-2H3/t16-,18-,21?/m0/s1. The zero-order chi connectivity index (χ0) is 17.2. The van der Waals surface area contributed by atoms with Gasteiger partial charge in [0.25, 0.3) is 0 Å². The van der Waals surface area contributed by atoms with E-state index in [-0.39, 0.29) is 0 Å². The summed E-state index contributed by atoms with van der Waals surface area (Å²) in [6.45, 7) is 2.49. The highest BCUT2D eigenvalue weighted by Gasteiger charge is 2.37. The molecule has 2 aliphatic carbocycles. The molecule has 0 radical (unpaired) electrons. The molecule has 3 heteroatoms. The van der Waals surface area contributed by atoms with Crippen LogP contribution in [0.1, 0.15) is 62.8 Å². The maximum atomic E-state index is 5.63. The van der Waals surface area contributed by atoms with Gasteiger partial charge in [0.2, 0.25) is 0 Å². The van der Waals surface area contributed by atoms with Crippen LogP contribution in [-0.2, 0) is 0 Å². The van der Waals surface area contributed by atoms with Crippen LogP contribution in [0, 0.1) is 11.8 Å². The summed E-state index contributed by atoms with van der Waals surface area (Å²) in [5, 5.41) is 0. The van der Waals surface area contributed by atoms with E-state index in [4.69, 9.17) is 9.47 Å². The molecule has 0 spiro atoms. The predicted molar refractivity (Wildman–Crippen MR) is 102 cm³/mol. The van der Waals surface area contributed by atoms with E-state index >= 15 is 0 Å². The van der Waals surface area contributed by atoms with Crippen molar-refractivity contribution in [3.8, 4) is 11.5 Å². The van der Waals surface area contributed by atoms with Crippen molar-refractivity contribution < 1.29 is 9.47 Å². The molecule has 3 aliphatic rings. The Bertz CT molecular complexity index is 579. The molecule has 1 aliphatic heterocycles. The van der Waals surface area contributed by atoms with Gasteiger partial charge in [0.15, 0.2) is 0 Å². The summed E-state index contributed by atoms with van der Waals surface area (Å²) in [4.78, 5) is 2.83. The van der Waals surface area contributed by atoms with Crippen molar-refractivity contribution in [3.05, 3.63) is 23.8 Å². The van der Waals surface area contributed by atoms with Crippen molar-refractivity contribution in [2.75, 3.05) is 27.3 Å². The van der Waals surface area contributed by atoms with Crippen LogP contribution in [0.2, 0.25) is 0 Å². The van der Waals surface area contributed by atoms with Crippen LogP contribution < -0.4 is 9.47 Å². The van der Waals surface area contributed by atoms with Gasteiger partial charge in [-0.1, -0.05) is 19.3 Å². The molecule has 1 heterocycles. The fourth-order valence-electron chi connectivity index (χ4n) is 5.76. The number of benzene rings is 1. The summed E-state index contributed by atoms with van der Waals surface area (Å²) in [5.74, 6) is 4.60. The van der Waals surface area contributed by atoms with E-state index in [0.717, 1.165) is 29.4 Å². The quantitative estimate of drug-likeness (QED) is 0.780. The molecule has 2 saturated carbocycles. The number of nitrogens with zero attached hydrogens (tertiary/aromatic N) is 1. The fraction of sp³-hybridized carbons (Fsp3) is 0.727. The minimum absolute atomic E-state index is 0.600. The Morgan fingerprint density at radius 2 is 1.76 bits per heavy atom. The minimum atomic E-state index is 0.600. The highest BCUT2D eigenvalue weighted by Crippen LogP contribution is 2.44. The average Bonchev–Trinajstić information content (AvgIpc) is 3.02. The molecule has 1 unspecified atom stereocenters. The van der Waals surface area contributed by atoms with E-state index in [1.807, 2.05) is 6.07 Å². The summed E-state index contributed by atoms with van der Waals surface area (Å²) >= 11 is 0. The lowest BCUT2D eigenvalue weighted by molar-refractivity contribution is 0.104. The van der Waals surface area contributed by atoms with E-state index in [9.17, 15) is 0 Å². The van der Waals surface area contributed by atoms with Crippen LogP contribution in [0.15, 0.2) is 18.2 Å². The number of methoxy groups -OCH3 is 2. The average molecular weight is 344 g/mol. The van der Waals surface area contributed by atoms with Crippen LogP contribution in [0.3, 0.4) is 0 Å². The third-order valence-electron chi connectivity index (χ3n) is 7.11. The molecule has 25 heavy (non-hydrogen) atoms. The summed E-state index contributed by atoms with van der Waals surface area (Å²) in [5.41, 5.74) is 1.34. The molecule has 4 rings (SSSR count). The van der Waals surface area contributed by atoms with Gasteiger partial charge in [0.1, 0.15) is 11.5 Å². The van der Waals surface area contributed by atoms with Gasteiger partial charge >= 0.3 is 0 Å². The SMILES string of the molecule is COc1ccc(OC)c(C2CCN(C3CCC[C@H]4CC[C@H]3C4)CC2)c1. The van der Waals surface area contributed by atoms with Gasteiger partial charge in [-0.2, -0.15) is 0 Å². The highest BCUT2D eigenvalue weighted by molar-refractivity contribution is 5.42. The van der Waals surface area contributed by atoms with Gasteiger partial charge < -0.3 is 14.4 Å². The van der Waals surface area contributed by atoms with Gasteiger partial charge in [-0.25, -0.2) is 0 Å². The Balaban J connectivity index is 1.43. The Labute approximate surface area is 152 Å². The Morgan fingerprint density at radius 3 is 2.52 bits per heavy atom. The summed E-state index contributed by atoms with van der Waals surface area (Å²) < 4.78 is 11.1. The molecular formula is C22H33NO2. The fourth-order valence-corrected chi connectivity index (χ4v) is 5.76.